The molecule has 0 radical (unpaired) electrons. The summed E-state index contributed by atoms with van der Waals surface area (Å²) in [5.41, 5.74) is 3.48. The molecule has 0 aliphatic heterocycles. The lowest BCUT2D eigenvalue weighted by atomic mass is 9.90. The van der Waals surface area contributed by atoms with E-state index >= 15 is 0 Å². The average Bonchev–Trinajstić information content (AvgIpc) is 2.49. The molecule has 2 rings (SSSR count). The van der Waals surface area contributed by atoms with Crippen LogP contribution in [0.2, 0.25) is 0 Å². The number of rotatable bonds is 7. The summed E-state index contributed by atoms with van der Waals surface area (Å²) in [6.07, 6.45) is 1.75. The molecular formula is C19H24FN. The van der Waals surface area contributed by atoms with Gasteiger partial charge in [-0.3, -0.25) is 0 Å². The van der Waals surface area contributed by atoms with E-state index in [0.717, 1.165) is 31.5 Å². The number of hydrogen-bond acceptors (Lipinski definition) is 1. The summed E-state index contributed by atoms with van der Waals surface area (Å²) in [5.74, 6) is 0.312. The fourth-order valence-electron chi connectivity index (χ4n) is 2.69. The molecule has 0 bridgehead atoms. The van der Waals surface area contributed by atoms with Crippen LogP contribution >= 0.6 is 0 Å². The van der Waals surface area contributed by atoms with Crippen LogP contribution in [0.15, 0.2) is 48.5 Å². The van der Waals surface area contributed by atoms with Crippen molar-refractivity contribution in [1.29, 1.82) is 0 Å². The van der Waals surface area contributed by atoms with Crippen molar-refractivity contribution in [2.75, 3.05) is 13.1 Å². The topological polar surface area (TPSA) is 12.0 Å². The predicted octanol–water partition coefficient (Wildman–Crippen LogP) is 4.15. The van der Waals surface area contributed by atoms with Gasteiger partial charge in [-0.1, -0.05) is 49.4 Å². The number of halogens is 1. The minimum Gasteiger partial charge on any atom is -0.317 e. The van der Waals surface area contributed by atoms with Crippen molar-refractivity contribution in [3.05, 3.63) is 71.0 Å². The first-order chi connectivity index (χ1) is 10.2. The molecule has 21 heavy (non-hydrogen) atoms. The Balaban J connectivity index is 2.11. The van der Waals surface area contributed by atoms with Crippen molar-refractivity contribution in [3.8, 4) is 0 Å². The Bertz CT molecular complexity index is 517. The fourth-order valence-corrected chi connectivity index (χ4v) is 2.69. The van der Waals surface area contributed by atoms with E-state index in [0.29, 0.717) is 5.92 Å². The second-order valence-corrected chi connectivity index (χ2v) is 5.60. The van der Waals surface area contributed by atoms with Gasteiger partial charge in [-0.15, -0.1) is 0 Å². The van der Waals surface area contributed by atoms with Gasteiger partial charge >= 0.3 is 0 Å². The summed E-state index contributed by atoms with van der Waals surface area (Å²) in [6, 6.07) is 15.6. The van der Waals surface area contributed by atoms with Gasteiger partial charge < -0.3 is 5.32 Å². The summed E-state index contributed by atoms with van der Waals surface area (Å²) < 4.78 is 13.9. The molecule has 2 aromatic carbocycles. The molecule has 0 aliphatic rings. The Labute approximate surface area is 127 Å². The summed E-state index contributed by atoms with van der Waals surface area (Å²) in [4.78, 5) is 0. The maximum atomic E-state index is 13.9. The van der Waals surface area contributed by atoms with E-state index in [1.165, 1.54) is 11.1 Å². The van der Waals surface area contributed by atoms with Crippen molar-refractivity contribution in [3.63, 3.8) is 0 Å². The van der Waals surface area contributed by atoms with E-state index in [9.17, 15) is 4.39 Å². The monoisotopic (exact) mass is 285 g/mol. The highest BCUT2D eigenvalue weighted by atomic mass is 19.1. The van der Waals surface area contributed by atoms with E-state index in [2.05, 4.69) is 43.4 Å². The maximum absolute atomic E-state index is 13.9. The normalized spacial score (nSPS) is 12.3. The van der Waals surface area contributed by atoms with Crippen LogP contribution in [0.25, 0.3) is 0 Å². The molecule has 0 fully saturated rings. The van der Waals surface area contributed by atoms with Crippen LogP contribution < -0.4 is 5.32 Å². The number of benzene rings is 2. The third-order valence-corrected chi connectivity index (χ3v) is 3.92. The molecule has 2 aromatic rings. The highest BCUT2D eigenvalue weighted by Crippen LogP contribution is 2.18. The fraction of sp³-hybridized carbons (Fsp3) is 0.368. The molecule has 112 valence electrons. The number of hydrogen-bond donors (Lipinski definition) is 1. The molecule has 0 aromatic heterocycles. The molecule has 1 unspecified atom stereocenters. The van der Waals surface area contributed by atoms with Crippen LogP contribution in [0.5, 0.6) is 0 Å². The highest BCUT2D eigenvalue weighted by Gasteiger charge is 2.13. The lowest BCUT2D eigenvalue weighted by molar-refractivity contribution is 0.466. The summed E-state index contributed by atoms with van der Waals surface area (Å²) in [6.45, 7) is 6.11. The second kappa shape index (κ2) is 7.94. The van der Waals surface area contributed by atoms with Gasteiger partial charge in [0, 0.05) is 0 Å². The molecule has 1 nitrogen and oxygen atoms in total. The summed E-state index contributed by atoms with van der Waals surface area (Å²) in [5, 5.41) is 3.41. The van der Waals surface area contributed by atoms with Gasteiger partial charge in [0.25, 0.3) is 0 Å². The van der Waals surface area contributed by atoms with E-state index in [-0.39, 0.29) is 5.82 Å². The first-order valence-corrected chi connectivity index (χ1v) is 7.69. The van der Waals surface area contributed by atoms with Gasteiger partial charge in [-0.2, -0.15) is 0 Å². The first-order valence-electron chi connectivity index (χ1n) is 7.69. The van der Waals surface area contributed by atoms with E-state index in [1.807, 2.05) is 12.1 Å². The molecule has 0 heterocycles. The lowest BCUT2D eigenvalue weighted by Gasteiger charge is -2.19. The molecule has 0 spiro atoms. The van der Waals surface area contributed by atoms with Crippen LogP contribution in [0.1, 0.15) is 23.6 Å². The smallest absolute Gasteiger partial charge is 0.126 e. The SMILES string of the molecule is CCNCC(Cc1ccccc1C)Cc1ccccc1F. The predicted molar refractivity (Wildman–Crippen MR) is 87.0 cm³/mol. The van der Waals surface area contributed by atoms with Crippen molar-refractivity contribution >= 4 is 0 Å². The number of nitrogens with one attached hydrogen (secondary N) is 1. The molecule has 0 saturated carbocycles. The molecule has 1 N–H and O–H groups in total. The quantitative estimate of drug-likeness (QED) is 0.806. The molecule has 0 aliphatic carbocycles. The van der Waals surface area contributed by atoms with Gasteiger partial charge in [0.1, 0.15) is 5.82 Å². The van der Waals surface area contributed by atoms with E-state index < -0.39 is 0 Å². The Hall–Kier alpha value is -1.67. The Morgan fingerprint density at radius 1 is 0.952 bits per heavy atom. The van der Waals surface area contributed by atoms with Gasteiger partial charge in [-0.05, 0) is 61.5 Å². The molecule has 0 saturated heterocycles. The summed E-state index contributed by atoms with van der Waals surface area (Å²) in [7, 11) is 0. The minimum atomic E-state index is -0.0937. The molecule has 2 heteroatoms. The summed E-state index contributed by atoms with van der Waals surface area (Å²) >= 11 is 0. The van der Waals surface area contributed by atoms with Crippen LogP contribution in [-0.2, 0) is 12.8 Å². The zero-order valence-electron chi connectivity index (χ0n) is 12.9. The lowest BCUT2D eigenvalue weighted by Crippen LogP contribution is -2.26. The van der Waals surface area contributed by atoms with Gasteiger partial charge in [-0.25, -0.2) is 4.39 Å². The second-order valence-electron chi connectivity index (χ2n) is 5.60. The van der Waals surface area contributed by atoms with Crippen LogP contribution in [0, 0.1) is 18.7 Å². The molecule has 0 amide bonds. The molecular weight excluding hydrogens is 261 g/mol. The third kappa shape index (κ3) is 4.68. The average molecular weight is 285 g/mol. The van der Waals surface area contributed by atoms with Gasteiger partial charge in [0.05, 0.1) is 0 Å². The van der Waals surface area contributed by atoms with Crippen LogP contribution in [0.3, 0.4) is 0 Å². The maximum Gasteiger partial charge on any atom is 0.126 e. The van der Waals surface area contributed by atoms with E-state index in [1.54, 1.807) is 12.1 Å². The standard InChI is InChI=1S/C19H24FN/c1-3-21-14-16(12-17-9-5-4-8-15(17)2)13-18-10-6-7-11-19(18)20/h4-11,16,21H,3,12-14H2,1-2H3. The minimum absolute atomic E-state index is 0.0937. The Morgan fingerprint density at radius 3 is 2.24 bits per heavy atom. The van der Waals surface area contributed by atoms with Crippen molar-refractivity contribution in [1.82, 2.24) is 5.32 Å². The zero-order valence-corrected chi connectivity index (χ0v) is 12.9. The largest absolute Gasteiger partial charge is 0.317 e. The Morgan fingerprint density at radius 2 is 1.57 bits per heavy atom. The highest BCUT2D eigenvalue weighted by molar-refractivity contribution is 5.26. The zero-order chi connectivity index (χ0) is 15.1. The van der Waals surface area contributed by atoms with Crippen molar-refractivity contribution < 1.29 is 4.39 Å². The van der Waals surface area contributed by atoms with Gasteiger partial charge in [0.15, 0.2) is 0 Å². The molecule has 1 atom stereocenters. The van der Waals surface area contributed by atoms with Crippen LogP contribution in [-0.4, -0.2) is 13.1 Å². The first kappa shape index (κ1) is 15.7. The van der Waals surface area contributed by atoms with Crippen LogP contribution in [0.4, 0.5) is 4.39 Å². The third-order valence-electron chi connectivity index (χ3n) is 3.92. The Kier molecular flexibility index (Phi) is 5.94. The van der Waals surface area contributed by atoms with Crippen molar-refractivity contribution in [2.24, 2.45) is 5.92 Å². The number of aryl methyl sites for hydroxylation is 1. The van der Waals surface area contributed by atoms with Crippen molar-refractivity contribution in [2.45, 2.75) is 26.7 Å². The van der Waals surface area contributed by atoms with Gasteiger partial charge in [0.2, 0.25) is 0 Å². The van der Waals surface area contributed by atoms with E-state index in [4.69, 9.17) is 0 Å².